The predicted octanol–water partition coefficient (Wildman–Crippen LogP) is 2.34. The van der Waals surface area contributed by atoms with Crippen molar-refractivity contribution >= 4 is 27.4 Å². The lowest BCUT2D eigenvalue weighted by molar-refractivity contribution is 0.200. The molecule has 0 amide bonds. The van der Waals surface area contributed by atoms with Crippen LogP contribution in [0, 0.1) is 0 Å². The quantitative estimate of drug-likeness (QED) is 0.923. The van der Waals surface area contributed by atoms with Gasteiger partial charge >= 0.3 is 0 Å². The van der Waals surface area contributed by atoms with E-state index >= 15 is 0 Å². The van der Waals surface area contributed by atoms with E-state index in [0.29, 0.717) is 12.4 Å². The Morgan fingerprint density at radius 1 is 1.28 bits per heavy atom. The highest BCUT2D eigenvalue weighted by atomic mass is 32.1. The van der Waals surface area contributed by atoms with E-state index < -0.39 is 0 Å². The highest BCUT2D eigenvalue weighted by Crippen LogP contribution is 2.37. The highest BCUT2D eigenvalue weighted by molar-refractivity contribution is 7.19. The summed E-state index contributed by atoms with van der Waals surface area (Å²) in [6.07, 6.45) is 5.55. The van der Waals surface area contributed by atoms with Gasteiger partial charge in [-0.2, -0.15) is 0 Å². The molecule has 0 aromatic carbocycles. The summed E-state index contributed by atoms with van der Waals surface area (Å²) in [6.45, 7) is 0.635. The molecule has 0 radical (unpaired) electrons. The van der Waals surface area contributed by atoms with Crippen molar-refractivity contribution in [2.24, 2.45) is 0 Å². The number of nitrogens with zero attached hydrogens (tertiary/aromatic N) is 2. The van der Waals surface area contributed by atoms with Crippen molar-refractivity contribution in [2.45, 2.75) is 32.1 Å². The maximum absolute atomic E-state index is 6.11. The standard InChI is InChI=1S/C13H17N3OS/c1-17-7-6-10-15-12(14)11-8-4-2-3-5-9(8)18-13(11)16-10/h2-7H2,1H3,(H2,14,15,16). The topological polar surface area (TPSA) is 61.0 Å². The molecular weight excluding hydrogens is 246 g/mol. The number of hydrogen-bond donors (Lipinski definition) is 1. The third-order valence-corrected chi connectivity index (χ3v) is 4.60. The molecule has 2 heterocycles. The summed E-state index contributed by atoms with van der Waals surface area (Å²) >= 11 is 1.79. The minimum Gasteiger partial charge on any atom is -0.384 e. The van der Waals surface area contributed by atoms with Crippen LogP contribution in [0.15, 0.2) is 0 Å². The second kappa shape index (κ2) is 4.82. The largest absolute Gasteiger partial charge is 0.384 e. The van der Waals surface area contributed by atoms with Crippen LogP contribution in [-0.2, 0) is 24.0 Å². The molecule has 96 valence electrons. The lowest BCUT2D eigenvalue weighted by Gasteiger charge is -2.10. The SMILES string of the molecule is COCCc1nc(N)c2c3c(sc2n1)CCCC3. The number of nitrogen functional groups attached to an aromatic ring is 1. The van der Waals surface area contributed by atoms with Gasteiger partial charge in [-0.3, -0.25) is 0 Å². The fourth-order valence-electron chi connectivity index (χ4n) is 2.54. The summed E-state index contributed by atoms with van der Waals surface area (Å²) < 4.78 is 5.06. The third kappa shape index (κ3) is 1.97. The number of aromatic nitrogens is 2. The van der Waals surface area contributed by atoms with Crippen molar-refractivity contribution in [1.82, 2.24) is 9.97 Å². The molecule has 3 rings (SSSR count). The number of methoxy groups -OCH3 is 1. The normalized spacial score (nSPS) is 14.9. The maximum Gasteiger partial charge on any atom is 0.136 e. The molecule has 0 spiro atoms. The Morgan fingerprint density at radius 2 is 2.11 bits per heavy atom. The molecule has 1 aliphatic carbocycles. The van der Waals surface area contributed by atoms with Crippen molar-refractivity contribution in [2.75, 3.05) is 19.5 Å². The van der Waals surface area contributed by atoms with E-state index in [1.807, 2.05) is 0 Å². The van der Waals surface area contributed by atoms with Gasteiger partial charge in [-0.05, 0) is 31.2 Å². The summed E-state index contributed by atoms with van der Waals surface area (Å²) in [5, 5.41) is 1.11. The first-order valence-corrected chi connectivity index (χ1v) is 7.17. The van der Waals surface area contributed by atoms with Gasteiger partial charge in [-0.15, -0.1) is 11.3 Å². The Labute approximate surface area is 110 Å². The number of aryl methyl sites for hydroxylation is 2. The van der Waals surface area contributed by atoms with E-state index in [2.05, 4.69) is 9.97 Å². The highest BCUT2D eigenvalue weighted by Gasteiger charge is 2.19. The van der Waals surface area contributed by atoms with Crippen molar-refractivity contribution in [1.29, 1.82) is 0 Å². The zero-order chi connectivity index (χ0) is 12.5. The Bertz CT molecular complexity index is 579. The smallest absolute Gasteiger partial charge is 0.136 e. The first-order chi connectivity index (χ1) is 8.79. The maximum atomic E-state index is 6.11. The van der Waals surface area contributed by atoms with Crippen LogP contribution in [0.3, 0.4) is 0 Å². The van der Waals surface area contributed by atoms with Crippen LogP contribution in [0.4, 0.5) is 5.82 Å². The summed E-state index contributed by atoms with van der Waals surface area (Å²) in [5.74, 6) is 1.44. The van der Waals surface area contributed by atoms with E-state index in [0.717, 1.165) is 28.9 Å². The van der Waals surface area contributed by atoms with Crippen LogP contribution in [0.25, 0.3) is 10.2 Å². The molecule has 4 nitrogen and oxygen atoms in total. The molecule has 0 saturated carbocycles. The number of ether oxygens (including phenoxy) is 1. The molecular formula is C13H17N3OS. The van der Waals surface area contributed by atoms with E-state index in [9.17, 15) is 0 Å². The van der Waals surface area contributed by atoms with Gasteiger partial charge in [-0.25, -0.2) is 9.97 Å². The van der Waals surface area contributed by atoms with Gasteiger partial charge in [0.15, 0.2) is 0 Å². The van der Waals surface area contributed by atoms with Crippen molar-refractivity contribution < 1.29 is 4.74 Å². The molecule has 0 atom stereocenters. The molecule has 5 heteroatoms. The molecule has 2 aromatic rings. The van der Waals surface area contributed by atoms with Crippen molar-refractivity contribution in [3.05, 3.63) is 16.3 Å². The first-order valence-electron chi connectivity index (χ1n) is 6.35. The number of anilines is 1. The van der Waals surface area contributed by atoms with Gasteiger partial charge in [0, 0.05) is 18.4 Å². The van der Waals surface area contributed by atoms with Crippen LogP contribution in [-0.4, -0.2) is 23.7 Å². The number of thiophene rings is 1. The zero-order valence-electron chi connectivity index (χ0n) is 10.5. The van der Waals surface area contributed by atoms with Crippen molar-refractivity contribution in [3.8, 4) is 0 Å². The summed E-state index contributed by atoms with van der Waals surface area (Å²) in [6, 6.07) is 0. The van der Waals surface area contributed by atoms with Crippen LogP contribution < -0.4 is 5.73 Å². The third-order valence-electron chi connectivity index (χ3n) is 3.42. The van der Waals surface area contributed by atoms with Gasteiger partial charge < -0.3 is 10.5 Å². The Balaban J connectivity index is 2.08. The summed E-state index contributed by atoms with van der Waals surface area (Å²) in [5.41, 5.74) is 7.51. The molecule has 1 aliphatic rings. The van der Waals surface area contributed by atoms with Gasteiger partial charge in [0.25, 0.3) is 0 Å². The summed E-state index contributed by atoms with van der Waals surface area (Å²) in [7, 11) is 1.69. The Hall–Kier alpha value is -1.20. The van der Waals surface area contributed by atoms with Crippen LogP contribution in [0.2, 0.25) is 0 Å². The molecule has 2 aromatic heterocycles. The van der Waals surface area contributed by atoms with E-state index in [-0.39, 0.29) is 0 Å². The molecule has 0 aliphatic heterocycles. The van der Waals surface area contributed by atoms with Gasteiger partial charge in [0.2, 0.25) is 0 Å². The monoisotopic (exact) mass is 263 g/mol. The van der Waals surface area contributed by atoms with Gasteiger partial charge in [0.1, 0.15) is 16.5 Å². The fraction of sp³-hybridized carbons (Fsp3) is 0.538. The van der Waals surface area contributed by atoms with E-state index in [4.69, 9.17) is 10.5 Å². The van der Waals surface area contributed by atoms with Gasteiger partial charge in [-0.1, -0.05) is 0 Å². The van der Waals surface area contributed by atoms with Crippen molar-refractivity contribution in [3.63, 3.8) is 0 Å². The van der Waals surface area contributed by atoms with Crippen LogP contribution >= 0.6 is 11.3 Å². The Kier molecular flexibility index (Phi) is 3.18. The zero-order valence-corrected chi connectivity index (χ0v) is 11.3. The van der Waals surface area contributed by atoms with Gasteiger partial charge in [0.05, 0.1) is 12.0 Å². The van der Waals surface area contributed by atoms with Crippen LogP contribution in [0.5, 0.6) is 0 Å². The minimum absolute atomic E-state index is 0.635. The number of rotatable bonds is 3. The molecule has 0 saturated heterocycles. The van der Waals surface area contributed by atoms with Crippen LogP contribution in [0.1, 0.15) is 29.1 Å². The molecule has 2 N–H and O–H groups in total. The second-order valence-corrected chi connectivity index (χ2v) is 5.74. The second-order valence-electron chi connectivity index (χ2n) is 4.66. The molecule has 0 fully saturated rings. The lowest BCUT2D eigenvalue weighted by Crippen LogP contribution is -2.05. The van der Waals surface area contributed by atoms with E-state index in [1.54, 1.807) is 18.4 Å². The average molecular weight is 263 g/mol. The minimum atomic E-state index is 0.635. The Morgan fingerprint density at radius 3 is 2.94 bits per heavy atom. The average Bonchev–Trinajstić information content (AvgIpc) is 2.74. The number of nitrogens with two attached hydrogens (primary N) is 1. The molecule has 0 bridgehead atoms. The first kappa shape index (κ1) is 11.9. The number of fused-ring (bicyclic) bond motifs is 3. The lowest BCUT2D eigenvalue weighted by atomic mass is 9.97. The fourth-order valence-corrected chi connectivity index (χ4v) is 3.82. The molecule has 0 unspecified atom stereocenters. The predicted molar refractivity (Wildman–Crippen MR) is 74.0 cm³/mol. The van der Waals surface area contributed by atoms with E-state index in [1.165, 1.54) is 29.7 Å². The summed E-state index contributed by atoms with van der Waals surface area (Å²) in [4.78, 5) is 11.6. The number of hydrogen-bond acceptors (Lipinski definition) is 5. The molecule has 18 heavy (non-hydrogen) atoms.